The normalized spacial score (nSPS) is 13.7. The minimum atomic E-state index is 0.505. The lowest BCUT2D eigenvalue weighted by Crippen LogP contribution is -2.42. The van der Waals surface area contributed by atoms with Crippen molar-refractivity contribution < 1.29 is 0 Å². The molecule has 2 nitrogen and oxygen atoms in total. The molecule has 86 valence electrons. The average Bonchev–Trinajstić information content (AvgIpc) is 2.67. The van der Waals surface area contributed by atoms with Gasteiger partial charge in [0, 0.05) is 24.0 Å². The van der Waals surface area contributed by atoms with Gasteiger partial charge >= 0.3 is 0 Å². The fourth-order valence-electron chi connectivity index (χ4n) is 1.87. The Morgan fingerprint density at radius 3 is 2.67 bits per heavy atom. The third kappa shape index (κ3) is 3.93. The summed E-state index contributed by atoms with van der Waals surface area (Å²) < 4.78 is 0. The minimum Gasteiger partial charge on any atom is -0.329 e. The number of thiophene rings is 1. The number of hydrogen-bond acceptors (Lipinski definition) is 3. The predicted octanol–water partition coefficient (Wildman–Crippen LogP) is 2.21. The Labute approximate surface area is 97.1 Å². The zero-order valence-electron chi connectivity index (χ0n) is 9.94. The Hall–Kier alpha value is -0.380. The summed E-state index contributed by atoms with van der Waals surface area (Å²) in [5.41, 5.74) is 5.78. The molecule has 1 aromatic rings. The second-order valence-corrected chi connectivity index (χ2v) is 5.39. The summed E-state index contributed by atoms with van der Waals surface area (Å²) in [5, 5.41) is 2.14. The van der Waals surface area contributed by atoms with E-state index in [0.717, 1.165) is 19.5 Å². The maximum absolute atomic E-state index is 5.78. The zero-order chi connectivity index (χ0) is 11.3. The molecule has 1 heterocycles. The van der Waals surface area contributed by atoms with E-state index < -0.39 is 0 Å². The maximum atomic E-state index is 5.78. The Balaban J connectivity index is 2.37. The van der Waals surface area contributed by atoms with Gasteiger partial charge in [0.25, 0.3) is 0 Å². The second-order valence-electron chi connectivity index (χ2n) is 4.36. The predicted molar refractivity (Wildman–Crippen MR) is 68.3 cm³/mol. The first-order valence-electron chi connectivity index (χ1n) is 5.57. The summed E-state index contributed by atoms with van der Waals surface area (Å²) in [7, 11) is 2.17. The molecule has 1 unspecified atom stereocenters. The average molecular weight is 226 g/mol. The van der Waals surface area contributed by atoms with Crippen LogP contribution in [0.1, 0.15) is 18.7 Å². The Bertz CT molecular complexity index is 257. The topological polar surface area (TPSA) is 29.3 Å². The van der Waals surface area contributed by atoms with Gasteiger partial charge in [-0.15, -0.1) is 11.3 Å². The van der Waals surface area contributed by atoms with Crippen molar-refractivity contribution in [3.05, 3.63) is 22.4 Å². The summed E-state index contributed by atoms with van der Waals surface area (Å²) in [4.78, 5) is 3.84. The van der Waals surface area contributed by atoms with Crippen molar-refractivity contribution in [1.29, 1.82) is 0 Å². The van der Waals surface area contributed by atoms with Crippen LogP contribution >= 0.6 is 11.3 Å². The van der Waals surface area contributed by atoms with E-state index in [1.807, 2.05) is 11.3 Å². The van der Waals surface area contributed by atoms with E-state index in [4.69, 9.17) is 5.73 Å². The van der Waals surface area contributed by atoms with E-state index >= 15 is 0 Å². The Morgan fingerprint density at radius 1 is 1.47 bits per heavy atom. The third-order valence-corrected chi connectivity index (χ3v) is 3.80. The van der Waals surface area contributed by atoms with Crippen LogP contribution in [-0.2, 0) is 6.42 Å². The third-order valence-electron chi connectivity index (χ3n) is 2.87. The SMILES string of the molecule is CC(C)C(CN)N(C)CCc1cccs1. The fourth-order valence-corrected chi connectivity index (χ4v) is 2.57. The van der Waals surface area contributed by atoms with Crippen molar-refractivity contribution >= 4 is 11.3 Å². The van der Waals surface area contributed by atoms with E-state index in [9.17, 15) is 0 Å². The molecule has 0 aliphatic carbocycles. The van der Waals surface area contributed by atoms with Crippen molar-refractivity contribution in [3.8, 4) is 0 Å². The van der Waals surface area contributed by atoms with E-state index in [1.54, 1.807) is 0 Å². The summed E-state index contributed by atoms with van der Waals surface area (Å²) in [6.07, 6.45) is 1.14. The van der Waals surface area contributed by atoms with E-state index in [-0.39, 0.29) is 0 Å². The van der Waals surface area contributed by atoms with E-state index in [1.165, 1.54) is 4.88 Å². The molecular formula is C12H22N2S. The van der Waals surface area contributed by atoms with E-state index in [0.29, 0.717) is 12.0 Å². The highest BCUT2D eigenvalue weighted by atomic mass is 32.1. The van der Waals surface area contributed by atoms with Crippen LogP contribution in [0, 0.1) is 5.92 Å². The molecule has 0 aliphatic rings. The van der Waals surface area contributed by atoms with Crippen molar-refractivity contribution in [2.75, 3.05) is 20.1 Å². The van der Waals surface area contributed by atoms with Crippen LogP contribution in [0.4, 0.5) is 0 Å². The molecule has 0 fully saturated rings. The first kappa shape index (κ1) is 12.7. The van der Waals surface area contributed by atoms with Gasteiger partial charge in [0.15, 0.2) is 0 Å². The van der Waals surface area contributed by atoms with Gasteiger partial charge in [0.05, 0.1) is 0 Å². The van der Waals surface area contributed by atoms with Crippen molar-refractivity contribution in [3.63, 3.8) is 0 Å². The van der Waals surface area contributed by atoms with E-state index in [2.05, 4.69) is 43.3 Å². The zero-order valence-corrected chi connectivity index (χ0v) is 10.8. The highest BCUT2D eigenvalue weighted by molar-refractivity contribution is 7.09. The van der Waals surface area contributed by atoms with Gasteiger partial charge in [0.1, 0.15) is 0 Å². The molecule has 0 amide bonds. The molecule has 1 atom stereocenters. The molecule has 3 heteroatoms. The summed E-state index contributed by atoms with van der Waals surface area (Å²) in [6, 6.07) is 4.82. The van der Waals surface area contributed by atoms with Gasteiger partial charge in [0.2, 0.25) is 0 Å². The molecular weight excluding hydrogens is 204 g/mol. The quantitative estimate of drug-likeness (QED) is 0.806. The van der Waals surface area contributed by atoms with Crippen LogP contribution in [-0.4, -0.2) is 31.1 Å². The summed E-state index contributed by atoms with van der Waals surface area (Å²) in [6.45, 7) is 6.32. The van der Waals surface area contributed by atoms with Crippen molar-refractivity contribution in [2.45, 2.75) is 26.3 Å². The standard InChI is InChI=1S/C12H22N2S/c1-10(2)12(9-13)14(3)7-6-11-5-4-8-15-11/h4-5,8,10,12H,6-7,9,13H2,1-3H3. The molecule has 1 aromatic heterocycles. The minimum absolute atomic E-state index is 0.505. The highest BCUT2D eigenvalue weighted by Crippen LogP contribution is 2.12. The number of hydrogen-bond donors (Lipinski definition) is 1. The molecule has 0 saturated carbocycles. The van der Waals surface area contributed by atoms with Gasteiger partial charge < -0.3 is 10.6 Å². The molecule has 0 radical (unpaired) electrons. The molecule has 0 saturated heterocycles. The molecule has 0 aromatic carbocycles. The van der Waals surface area contributed by atoms with Crippen LogP contribution in [0.25, 0.3) is 0 Å². The molecule has 15 heavy (non-hydrogen) atoms. The number of likely N-dealkylation sites (N-methyl/N-ethyl adjacent to an activating group) is 1. The monoisotopic (exact) mass is 226 g/mol. The van der Waals surface area contributed by atoms with Crippen LogP contribution < -0.4 is 5.73 Å². The lowest BCUT2D eigenvalue weighted by atomic mass is 10.0. The van der Waals surface area contributed by atoms with Gasteiger partial charge in [-0.3, -0.25) is 0 Å². The van der Waals surface area contributed by atoms with Crippen LogP contribution in [0.15, 0.2) is 17.5 Å². The first-order chi connectivity index (χ1) is 7.15. The highest BCUT2D eigenvalue weighted by Gasteiger charge is 2.16. The maximum Gasteiger partial charge on any atom is 0.0238 e. The number of rotatable bonds is 6. The summed E-state index contributed by atoms with van der Waals surface area (Å²) in [5.74, 6) is 0.628. The molecule has 2 N–H and O–H groups in total. The number of nitrogens with two attached hydrogens (primary N) is 1. The van der Waals surface area contributed by atoms with Crippen molar-refractivity contribution in [1.82, 2.24) is 4.90 Å². The summed E-state index contributed by atoms with van der Waals surface area (Å²) >= 11 is 1.83. The number of nitrogens with zero attached hydrogens (tertiary/aromatic N) is 1. The van der Waals surface area contributed by atoms with Gasteiger partial charge in [-0.05, 0) is 30.8 Å². The molecule has 0 bridgehead atoms. The first-order valence-corrected chi connectivity index (χ1v) is 6.45. The Morgan fingerprint density at radius 2 is 2.20 bits per heavy atom. The van der Waals surface area contributed by atoms with Crippen LogP contribution in [0.3, 0.4) is 0 Å². The van der Waals surface area contributed by atoms with Crippen LogP contribution in [0.5, 0.6) is 0 Å². The molecule has 0 aliphatic heterocycles. The van der Waals surface area contributed by atoms with Gasteiger partial charge in [-0.2, -0.15) is 0 Å². The molecule has 0 spiro atoms. The van der Waals surface area contributed by atoms with Crippen molar-refractivity contribution in [2.24, 2.45) is 11.7 Å². The lowest BCUT2D eigenvalue weighted by Gasteiger charge is -2.29. The lowest BCUT2D eigenvalue weighted by molar-refractivity contribution is 0.200. The second kappa shape index (κ2) is 6.26. The molecule has 1 rings (SSSR count). The van der Waals surface area contributed by atoms with Gasteiger partial charge in [-0.25, -0.2) is 0 Å². The van der Waals surface area contributed by atoms with Crippen LogP contribution in [0.2, 0.25) is 0 Å². The largest absolute Gasteiger partial charge is 0.329 e. The fraction of sp³-hybridized carbons (Fsp3) is 0.667. The van der Waals surface area contributed by atoms with Gasteiger partial charge in [-0.1, -0.05) is 19.9 Å². The smallest absolute Gasteiger partial charge is 0.0238 e. The Kier molecular flexibility index (Phi) is 5.29.